The van der Waals surface area contributed by atoms with Crippen LogP contribution in [0.2, 0.25) is 5.25 Å². The van der Waals surface area contributed by atoms with E-state index < -0.39 is 27.0 Å². The van der Waals surface area contributed by atoms with E-state index in [1.54, 1.807) is 0 Å². The normalized spacial score (nSPS) is 14.2. The summed E-state index contributed by atoms with van der Waals surface area (Å²) in [5.74, 6) is 0. The fraction of sp³-hybridized carbons (Fsp3) is 0.684. The average molecular weight is 387 g/mol. The summed E-state index contributed by atoms with van der Waals surface area (Å²) in [5, 5.41) is 0.230. The molecule has 130 valence electrons. The zero-order valence-corrected chi connectivity index (χ0v) is 17.7. The van der Waals surface area contributed by atoms with E-state index in [2.05, 4.69) is 59.7 Å². The van der Waals surface area contributed by atoms with Gasteiger partial charge in [-0.05, 0) is 0 Å². The number of halogens is 3. The van der Waals surface area contributed by atoms with Crippen molar-refractivity contribution in [3.8, 4) is 0 Å². The summed E-state index contributed by atoms with van der Waals surface area (Å²) in [5.41, 5.74) is 0.831. The van der Waals surface area contributed by atoms with Gasteiger partial charge in [0.25, 0.3) is 0 Å². The van der Waals surface area contributed by atoms with Gasteiger partial charge in [0.1, 0.15) is 0 Å². The second-order valence-corrected chi connectivity index (χ2v) is 11.7. The third-order valence-corrected chi connectivity index (χ3v) is 7.85. The molecule has 2 radical (unpaired) electrons. The first kappa shape index (κ1) is 20.6. The third-order valence-electron chi connectivity index (χ3n) is 4.17. The first-order chi connectivity index (χ1) is 10.0. The van der Waals surface area contributed by atoms with Gasteiger partial charge < -0.3 is 0 Å². The molecule has 0 aliphatic rings. The van der Waals surface area contributed by atoms with E-state index in [1.165, 1.54) is 25.0 Å². The van der Waals surface area contributed by atoms with Crippen molar-refractivity contribution in [2.24, 2.45) is 5.41 Å². The number of alkyl halides is 3. The van der Waals surface area contributed by atoms with Crippen LogP contribution in [0.4, 0.5) is 13.2 Å². The molecule has 0 spiro atoms. The Balaban J connectivity index is 3.17. The van der Waals surface area contributed by atoms with E-state index in [9.17, 15) is 13.2 Å². The summed E-state index contributed by atoms with van der Waals surface area (Å²) in [4.78, 5) is 0. The molecule has 0 N–H and O–H groups in total. The van der Waals surface area contributed by atoms with Crippen LogP contribution in [0.5, 0.6) is 0 Å². The van der Waals surface area contributed by atoms with Gasteiger partial charge in [0.05, 0.1) is 0 Å². The predicted octanol–water partition coefficient (Wildman–Crippen LogP) is 5.62. The van der Waals surface area contributed by atoms with Crippen LogP contribution >= 0.6 is 0 Å². The molecule has 0 unspecified atom stereocenters. The molecule has 0 amide bonds. The maximum atomic E-state index is 13.1. The summed E-state index contributed by atoms with van der Waals surface area (Å²) in [6.45, 7) is 15.5. The van der Waals surface area contributed by atoms with Gasteiger partial charge in [0, 0.05) is 0 Å². The van der Waals surface area contributed by atoms with Crippen LogP contribution in [0.25, 0.3) is 0 Å². The van der Waals surface area contributed by atoms with Crippen LogP contribution in [0.3, 0.4) is 0 Å². The van der Waals surface area contributed by atoms with Crippen molar-refractivity contribution in [1.82, 2.24) is 0 Å². The molecule has 0 aliphatic carbocycles. The number of benzene rings is 1. The standard InChI is InChI=1S/C19H29F3Ge/c1-16(2,3)13-9-14(17(4,5)6)11-15(10-13)23-12-18(7,8)19(20,21)22/h9-11H,12H2,1-8H3. The Bertz CT molecular complexity index is 511. The van der Waals surface area contributed by atoms with Crippen LogP contribution in [-0.2, 0) is 10.8 Å². The second kappa shape index (κ2) is 6.46. The molecular formula is C19H29F3Ge. The maximum absolute atomic E-state index is 13.1. The predicted molar refractivity (Wildman–Crippen MR) is 93.9 cm³/mol. The topological polar surface area (TPSA) is 0 Å². The SMILES string of the molecule is CC(C)(C)c1c[c]([Ge][CH2]C(C)(C)C(F)(F)F)cc(C(C)(C)C)c1. The molecule has 1 rings (SSSR count). The van der Waals surface area contributed by atoms with Crippen molar-refractivity contribution in [3.05, 3.63) is 29.3 Å². The Morgan fingerprint density at radius 2 is 1.13 bits per heavy atom. The molecule has 1 aromatic rings. The van der Waals surface area contributed by atoms with E-state index in [0.29, 0.717) is 0 Å². The molecule has 0 fully saturated rings. The van der Waals surface area contributed by atoms with E-state index in [4.69, 9.17) is 0 Å². The molecule has 0 heterocycles. The Labute approximate surface area is 145 Å². The molecule has 0 bridgehead atoms. The van der Waals surface area contributed by atoms with E-state index in [0.717, 1.165) is 4.40 Å². The van der Waals surface area contributed by atoms with Crippen molar-refractivity contribution in [2.75, 3.05) is 0 Å². The molecule has 0 atom stereocenters. The van der Waals surface area contributed by atoms with Gasteiger partial charge >= 0.3 is 145 Å². The Hall–Kier alpha value is -0.447. The van der Waals surface area contributed by atoms with Gasteiger partial charge in [-0.3, -0.25) is 0 Å². The molecule has 4 heteroatoms. The van der Waals surface area contributed by atoms with Crippen molar-refractivity contribution < 1.29 is 13.2 Å². The van der Waals surface area contributed by atoms with E-state index in [-0.39, 0.29) is 16.1 Å². The fourth-order valence-corrected chi connectivity index (χ4v) is 4.88. The molecule has 0 aliphatic heterocycles. The van der Waals surface area contributed by atoms with Crippen molar-refractivity contribution in [2.45, 2.75) is 77.6 Å². The van der Waals surface area contributed by atoms with Crippen molar-refractivity contribution in [3.63, 3.8) is 0 Å². The number of hydrogen-bond donors (Lipinski definition) is 0. The molecule has 0 nitrogen and oxygen atoms in total. The second-order valence-electron chi connectivity index (χ2n) is 9.03. The number of hydrogen-bond acceptors (Lipinski definition) is 0. The van der Waals surface area contributed by atoms with Crippen molar-refractivity contribution >= 4 is 19.8 Å². The minimum atomic E-state index is -4.13. The van der Waals surface area contributed by atoms with E-state index >= 15 is 0 Å². The number of rotatable bonds is 3. The third kappa shape index (κ3) is 5.54. The van der Waals surface area contributed by atoms with Gasteiger partial charge in [0.15, 0.2) is 0 Å². The van der Waals surface area contributed by atoms with Crippen LogP contribution in [-0.4, -0.2) is 21.6 Å². The molecule has 1 aromatic carbocycles. The first-order valence-corrected chi connectivity index (χ1v) is 10.5. The quantitative estimate of drug-likeness (QED) is 0.591. The van der Waals surface area contributed by atoms with Crippen LogP contribution < -0.4 is 4.40 Å². The fourth-order valence-electron chi connectivity index (χ4n) is 2.02. The zero-order valence-electron chi connectivity index (χ0n) is 15.6. The Morgan fingerprint density at radius 3 is 1.43 bits per heavy atom. The summed E-state index contributed by atoms with van der Waals surface area (Å²) in [6.07, 6.45) is -4.13. The average Bonchev–Trinajstić information content (AvgIpc) is 2.32. The van der Waals surface area contributed by atoms with Crippen LogP contribution in [0.1, 0.15) is 66.5 Å². The monoisotopic (exact) mass is 388 g/mol. The van der Waals surface area contributed by atoms with Gasteiger partial charge in [-0.1, -0.05) is 0 Å². The Morgan fingerprint density at radius 1 is 0.739 bits per heavy atom. The van der Waals surface area contributed by atoms with Crippen LogP contribution in [0.15, 0.2) is 18.2 Å². The minimum absolute atomic E-state index is 0.00170. The van der Waals surface area contributed by atoms with Gasteiger partial charge in [-0.15, -0.1) is 0 Å². The van der Waals surface area contributed by atoms with Crippen molar-refractivity contribution in [1.29, 1.82) is 0 Å². The van der Waals surface area contributed by atoms with Gasteiger partial charge in [0.2, 0.25) is 0 Å². The van der Waals surface area contributed by atoms with E-state index in [1.807, 2.05) is 0 Å². The molecule has 0 saturated carbocycles. The van der Waals surface area contributed by atoms with Gasteiger partial charge in [-0.2, -0.15) is 0 Å². The first-order valence-electron chi connectivity index (χ1n) is 8.01. The molecule has 0 saturated heterocycles. The zero-order chi connectivity index (χ0) is 18.3. The molecule has 23 heavy (non-hydrogen) atoms. The van der Waals surface area contributed by atoms with Crippen LogP contribution in [0, 0.1) is 5.41 Å². The summed E-state index contributed by atoms with van der Waals surface area (Å²) in [6, 6.07) is 6.47. The Kier molecular flexibility index (Phi) is 5.78. The summed E-state index contributed by atoms with van der Waals surface area (Å²) < 4.78 is 40.4. The molecule has 0 aromatic heterocycles. The summed E-state index contributed by atoms with van der Waals surface area (Å²) in [7, 11) is 0. The summed E-state index contributed by atoms with van der Waals surface area (Å²) >= 11 is -0.832. The molecular weight excluding hydrogens is 358 g/mol. The van der Waals surface area contributed by atoms with Gasteiger partial charge in [-0.25, -0.2) is 0 Å².